The molecule has 0 saturated carbocycles. The molecule has 3 heteroatoms. The van der Waals surface area contributed by atoms with E-state index in [1.807, 2.05) is 0 Å². The van der Waals surface area contributed by atoms with Gasteiger partial charge in [0.25, 0.3) is 0 Å². The van der Waals surface area contributed by atoms with Crippen molar-refractivity contribution in [1.29, 1.82) is 0 Å². The molecule has 1 N–H and O–H groups in total. The van der Waals surface area contributed by atoms with Gasteiger partial charge in [-0.05, 0) is 30.3 Å². The Labute approximate surface area is 86.4 Å². The van der Waals surface area contributed by atoms with Crippen molar-refractivity contribution in [2.75, 3.05) is 5.32 Å². The maximum absolute atomic E-state index is 12.9. The van der Waals surface area contributed by atoms with Crippen LogP contribution in [0.25, 0.3) is 0 Å². The summed E-state index contributed by atoms with van der Waals surface area (Å²) in [7, 11) is 0. The number of nitrogens with one attached hydrogen (secondary N) is 1. The Hall–Kier alpha value is -1.90. The quantitative estimate of drug-likeness (QED) is 0.789. The van der Waals surface area contributed by atoms with Crippen LogP contribution in [0.15, 0.2) is 42.5 Å². The average molecular weight is 204 g/mol. The first kappa shape index (κ1) is 9.65. The van der Waals surface area contributed by atoms with Crippen LogP contribution in [0.4, 0.5) is 20.2 Å². The molecule has 0 spiro atoms. The lowest BCUT2D eigenvalue weighted by molar-refractivity contribution is 0.509. The molecule has 2 rings (SSSR count). The fourth-order valence-corrected chi connectivity index (χ4v) is 1.21. The van der Waals surface area contributed by atoms with Crippen LogP contribution in [0, 0.1) is 17.7 Å². The molecule has 1 radical (unpaired) electrons. The van der Waals surface area contributed by atoms with Gasteiger partial charge in [0.1, 0.15) is 0 Å². The summed E-state index contributed by atoms with van der Waals surface area (Å²) in [5.74, 6) is -1.70. The molecule has 0 heterocycles. The molecule has 0 amide bonds. The molecule has 0 unspecified atom stereocenters. The van der Waals surface area contributed by atoms with Crippen molar-refractivity contribution < 1.29 is 8.78 Å². The second-order valence-electron chi connectivity index (χ2n) is 3.04. The number of benzene rings is 2. The Morgan fingerprint density at radius 1 is 0.867 bits per heavy atom. The van der Waals surface area contributed by atoms with Crippen LogP contribution in [0.5, 0.6) is 0 Å². The Bertz CT molecular complexity index is 454. The van der Waals surface area contributed by atoms with Gasteiger partial charge in [-0.15, -0.1) is 0 Å². The van der Waals surface area contributed by atoms with Gasteiger partial charge in [-0.25, -0.2) is 8.78 Å². The van der Waals surface area contributed by atoms with E-state index in [2.05, 4.69) is 11.4 Å². The maximum atomic E-state index is 12.9. The first-order valence-electron chi connectivity index (χ1n) is 4.44. The van der Waals surface area contributed by atoms with Gasteiger partial charge in [0.05, 0.1) is 0 Å². The minimum atomic E-state index is -0.859. The lowest BCUT2D eigenvalue weighted by Crippen LogP contribution is -1.92. The summed E-state index contributed by atoms with van der Waals surface area (Å²) in [6.45, 7) is 0. The van der Waals surface area contributed by atoms with Crippen molar-refractivity contribution >= 4 is 11.4 Å². The molecule has 15 heavy (non-hydrogen) atoms. The van der Waals surface area contributed by atoms with Gasteiger partial charge < -0.3 is 5.32 Å². The zero-order valence-electron chi connectivity index (χ0n) is 7.80. The van der Waals surface area contributed by atoms with Crippen LogP contribution >= 0.6 is 0 Å². The Morgan fingerprint density at radius 2 is 1.60 bits per heavy atom. The highest BCUT2D eigenvalue weighted by Gasteiger charge is 2.01. The third-order valence-corrected chi connectivity index (χ3v) is 1.93. The number of rotatable bonds is 2. The van der Waals surface area contributed by atoms with E-state index in [4.69, 9.17) is 0 Å². The molecule has 0 fully saturated rings. The van der Waals surface area contributed by atoms with Gasteiger partial charge in [0, 0.05) is 17.4 Å². The normalized spacial score (nSPS) is 10.0. The lowest BCUT2D eigenvalue weighted by Gasteiger charge is -2.05. The van der Waals surface area contributed by atoms with Crippen molar-refractivity contribution in [1.82, 2.24) is 0 Å². The van der Waals surface area contributed by atoms with E-state index in [1.54, 1.807) is 24.3 Å². The van der Waals surface area contributed by atoms with Crippen molar-refractivity contribution in [2.45, 2.75) is 0 Å². The zero-order valence-corrected chi connectivity index (χ0v) is 7.80. The summed E-state index contributed by atoms with van der Waals surface area (Å²) in [4.78, 5) is 0. The smallest absolute Gasteiger partial charge is 0.160 e. The van der Waals surface area contributed by atoms with Crippen molar-refractivity contribution in [3.8, 4) is 0 Å². The molecule has 0 aliphatic carbocycles. The molecular formula is C12H8F2N. The molecule has 1 nitrogen and oxygen atoms in total. The molecule has 0 aliphatic heterocycles. The SMILES string of the molecule is Fc1ccc(Nc2cc[c]cc2)cc1F. The molecule has 0 atom stereocenters. The van der Waals surface area contributed by atoms with E-state index < -0.39 is 11.6 Å². The number of halogens is 2. The van der Waals surface area contributed by atoms with E-state index in [0.29, 0.717) is 5.69 Å². The van der Waals surface area contributed by atoms with E-state index in [9.17, 15) is 8.78 Å². The standard InChI is InChI=1S/C12H8F2N/c13-11-7-6-10(8-12(11)14)15-9-4-2-1-3-5-9/h2-8,15H. The van der Waals surface area contributed by atoms with Gasteiger partial charge in [-0.3, -0.25) is 0 Å². The monoisotopic (exact) mass is 204 g/mol. The highest BCUT2D eigenvalue weighted by Crippen LogP contribution is 2.18. The molecule has 0 saturated heterocycles. The summed E-state index contributed by atoms with van der Waals surface area (Å²) in [6.07, 6.45) is 0. The summed E-state index contributed by atoms with van der Waals surface area (Å²) in [6, 6.07) is 13.6. The number of hydrogen-bond acceptors (Lipinski definition) is 1. The van der Waals surface area contributed by atoms with E-state index >= 15 is 0 Å². The van der Waals surface area contributed by atoms with Gasteiger partial charge in [0.2, 0.25) is 0 Å². The largest absolute Gasteiger partial charge is 0.355 e. The summed E-state index contributed by atoms with van der Waals surface area (Å²) in [5, 5.41) is 2.95. The first-order chi connectivity index (χ1) is 7.25. The number of anilines is 2. The van der Waals surface area contributed by atoms with Crippen LogP contribution in [0.3, 0.4) is 0 Å². The first-order valence-corrected chi connectivity index (χ1v) is 4.44. The molecule has 2 aromatic rings. The topological polar surface area (TPSA) is 12.0 Å². The van der Waals surface area contributed by atoms with Gasteiger partial charge in [-0.1, -0.05) is 12.1 Å². The van der Waals surface area contributed by atoms with Crippen LogP contribution < -0.4 is 5.32 Å². The minimum Gasteiger partial charge on any atom is -0.355 e. The van der Waals surface area contributed by atoms with Gasteiger partial charge >= 0.3 is 0 Å². The third-order valence-electron chi connectivity index (χ3n) is 1.93. The van der Waals surface area contributed by atoms with E-state index in [1.165, 1.54) is 6.07 Å². The fraction of sp³-hybridized carbons (Fsp3) is 0. The van der Waals surface area contributed by atoms with Crippen molar-refractivity contribution in [3.05, 3.63) is 60.2 Å². The summed E-state index contributed by atoms with van der Waals surface area (Å²) >= 11 is 0. The second-order valence-corrected chi connectivity index (χ2v) is 3.04. The summed E-state index contributed by atoms with van der Waals surface area (Å²) < 4.78 is 25.5. The predicted molar refractivity (Wildman–Crippen MR) is 54.9 cm³/mol. The molecular weight excluding hydrogens is 196 g/mol. The molecule has 2 aromatic carbocycles. The molecule has 0 aliphatic rings. The molecule has 75 valence electrons. The maximum Gasteiger partial charge on any atom is 0.160 e. The van der Waals surface area contributed by atoms with E-state index in [-0.39, 0.29) is 0 Å². The fourth-order valence-electron chi connectivity index (χ4n) is 1.21. The Balaban J connectivity index is 2.22. The summed E-state index contributed by atoms with van der Waals surface area (Å²) in [5.41, 5.74) is 1.32. The van der Waals surface area contributed by atoms with Gasteiger partial charge in [-0.2, -0.15) is 0 Å². The Kier molecular flexibility index (Phi) is 2.63. The highest BCUT2D eigenvalue weighted by atomic mass is 19.2. The molecule has 0 bridgehead atoms. The van der Waals surface area contributed by atoms with Gasteiger partial charge in [0.15, 0.2) is 11.6 Å². The zero-order chi connectivity index (χ0) is 10.7. The van der Waals surface area contributed by atoms with Crippen LogP contribution in [0.1, 0.15) is 0 Å². The predicted octanol–water partition coefficient (Wildman–Crippen LogP) is 3.51. The second kappa shape index (κ2) is 4.09. The van der Waals surface area contributed by atoms with Crippen LogP contribution in [0.2, 0.25) is 0 Å². The Morgan fingerprint density at radius 3 is 2.27 bits per heavy atom. The van der Waals surface area contributed by atoms with E-state index in [0.717, 1.165) is 17.8 Å². The average Bonchev–Trinajstić information content (AvgIpc) is 2.25. The third kappa shape index (κ3) is 2.31. The van der Waals surface area contributed by atoms with Crippen molar-refractivity contribution in [2.24, 2.45) is 0 Å². The van der Waals surface area contributed by atoms with Crippen LogP contribution in [-0.4, -0.2) is 0 Å². The molecule has 0 aromatic heterocycles. The minimum absolute atomic E-state index is 0.514. The van der Waals surface area contributed by atoms with Crippen LogP contribution in [-0.2, 0) is 0 Å². The highest BCUT2D eigenvalue weighted by molar-refractivity contribution is 5.59. The van der Waals surface area contributed by atoms with Crippen molar-refractivity contribution in [3.63, 3.8) is 0 Å². The number of hydrogen-bond donors (Lipinski definition) is 1. The lowest BCUT2D eigenvalue weighted by atomic mass is 10.2.